The van der Waals surface area contributed by atoms with Crippen molar-refractivity contribution in [3.8, 4) is 0 Å². The molecule has 0 fully saturated rings. The van der Waals surface area contributed by atoms with E-state index in [1.54, 1.807) is 11.3 Å². The van der Waals surface area contributed by atoms with Gasteiger partial charge in [-0.3, -0.25) is 0 Å². The maximum atomic E-state index is 2.23. The molecule has 0 atom stereocenters. The van der Waals surface area contributed by atoms with E-state index in [-0.39, 0.29) is 0 Å². The van der Waals surface area contributed by atoms with E-state index in [1.807, 2.05) is 0 Å². The maximum absolute atomic E-state index is 2.23. The van der Waals surface area contributed by atoms with E-state index in [9.17, 15) is 0 Å². The van der Waals surface area contributed by atoms with Gasteiger partial charge in [-0.25, -0.2) is 0 Å². The van der Waals surface area contributed by atoms with Crippen LogP contribution in [0.2, 0.25) is 0 Å². The highest BCUT2D eigenvalue weighted by Crippen LogP contribution is 2.08. The zero-order chi connectivity index (χ0) is 6.53. The number of aryl methyl sites for hydroxylation is 1. The average Bonchev–Trinajstić information content (AvgIpc) is 2.34. The predicted octanol–water partition coefficient (Wildman–Crippen LogP) is 3.09. The Morgan fingerprint density at radius 2 is 2.44 bits per heavy atom. The van der Waals surface area contributed by atoms with Gasteiger partial charge < -0.3 is 0 Å². The largest absolute Gasteiger partial charge is 0.152 e. The Hall–Kier alpha value is -0.300. The van der Waals surface area contributed by atoms with Crippen LogP contribution in [0.5, 0.6) is 0 Å². The topological polar surface area (TPSA) is 0 Å². The normalized spacial score (nSPS) is 9.89. The third-order valence-electron chi connectivity index (χ3n) is 1.40. The first-order valence-corrected chi connectivity index (χ1v) is 4.39. The molecule has 0 aliphatic carbocycles. The molecule has 0 saturated heterocycles. The lowest BCUT2D eigenvalue weighted by Gasteiger charge is -1.90. The molecule has 1 aromatic rings. The van der Waals surface area contributed by atoms with Gasteiger partial charge in [0.1, 0.15) is 0 Å². The van der Waals surface area contributed by atoms with Crippen LogP contribution in [0.3, 0.4) is 0 Å². The molecule has 9 heavy (non-hydrogen) atoms. The summed E-state index contributed by atoms with van der Waals surface area (Å²) < 4.78 is 0. The van der Waals surface area contributed by atoms with Crippen LogP contribution in [0.25, 0.3) is 0 Å². The first-order chi connectivity index (χ1) is 4.43. The van der Waals surface area contributed by atoms with Gasteiger partial charge in [0, 0.05) is 0 Å². The minimum Gasteiger partial charge on any atom is -0.152 e. The average molecular weight is 140 g/mol. The van der Waals surface area contributed by atoms with Gasteiger partial charge >= 0.3 is 0 Å². The van der Waals surface area contributed by atoms with E-state index in [2.05, 4.69) is 23.8 Å². The van der Waals surface area contributed by atoms with E-state index in [0.29, 0.717) is 0 Å². The van der Waals surface area contributed by atoms with Crippen LogP contribution in [-0.2, 0) is 6.42 Å². The van der Waals surface area contributed by atoms with Crippen LogP contribution in [0.4, 0.5) is 0 Å². The van der Waals surface area contributed by atoms with Crippen molar-refractivity contribution in [1.29, 1.82) is 0 Å². The minimum atomic E-state index is 1.26. The summed E-state index contributed by atoms with van der Waals surface area (Å²) in [5, 5.41) is 4.38. The summed E-state index contributed by atoms with van der Waals surface area (Å²) in [5.74, 6) is 0. The van der Waals surface area contributed by atoms with Crippen molar-refractivity contribution in [2.75, 3.05) is 0 Å². The number of hydrogen-bond acceptors (Lipinski definition) is 1. The molecule has 0 radical (unpaired) electrons. The molecule has 0 aliphatic heterocycles. The van der Waals surface area contributed by atoms with Crippen LogP contribution in [0, 0.1) is 0 Å². The van der Waals surface area contributed by atoms with Crippen molar-refractivity contribution in [3.63, 3.8) is 0 Å². The smallest absolute Gasteiger partial charge is 0.00613 e. The van der Waals surface area contributed by atoms with E-state index in [4.69, 9.17) is 0 Å². The van der Waals surface area contributed by atoms with Crippen LogP contribution < -0.4 is 0 Å². The highest BCUT2D eigenvalue weighted by molar-refractivity contribution is 7.07. The highest BCUT2D eigenvalue weighted by Gasteiger charge is 1.89. The SMILES string of the molecule is CCCCc1ccsc1. The monoisotopic (exact) mass is 140 g/mol. The van der Waals surface area contributed by atoms with E-state index in [1.165, 1.54) is 24.8 Å². The van der Waals surface area contributed by atoms with Gasteiger partial charge in [-0.15, -0.1) is 0 Å². The minimum absolute atomic E-state index is 1.26. The number of unbranched alkanes of at least 4 members (excludes halogenated alkanes) is 1. The molecule has 50 valence electrons. The summed E-state index contributed by atoms with van der Waals surface area (Å²) in [6, 6.07) is 2.21. The summed E-state index contributed by atoms with van der Waals surface area (Å²) in [6.07, 6.45) is 3.90. The third kappa shape index (κ3) is 2.19. The van der Waals surface area contributed by atoms with Crippen molar-refractivity contribution in [2.45, 2.75) is 26.2 Å². The Balaban J connectivity index is 2.30. The number of rotatable bonds is 3. The van der Waals surface area contributed by atoms with E-state index < -0.39 is 0 Å². The van der Waals surface area contributed by atoms with Gasteiger partial charge in [0.05, 0.1) is 0 Å². The Labute approximate surface area is 60.5 Å². The van der Waals surface area contributed by atoms with E-state index >= 15 is 0 Å². The van der Waals surface area contributed by atoms with Gasteiger partial charge in [-0.05, 0) is 35.2 Å². The van der Waals surface area contributed by atoms with Crippen LogP contribution in [-0.4, -0.2) is 0 Å². The van der Waals surface area contributed by atoms with Crippen LogP contribution in [0.1, 0.15) is 25.3 Å². The Morgan fingerprint density at radius 1 is 1.56 bits per heavy atom. The molecule has 0 aliphatic rings. The van der Waals surface area contributed by atoms with Gasteiger partial charge in [0.25, 0.3) is 0 Å². The first-order valence-electron chi connectivity index (χ1n) is 3.44. The molecule has 0 amide bonds. The van der Waals surface area contributed by atoms with Crippen molar-refractivity contribution in [3.05, 3.63) is 22.4 Å². The molecule has 0 spiro atoms. The lowest BCUT2D eigenvalue weighted by Crippen LogP contribution is -1.77. The fraction of sp³-hybridized carbons (Fsp3) is 0.500. The van der Waals surface area contributed by atoms with Gasteiger partial charge in [-0.1, -0.05) is 13.3 Å². The second-order valence-electron chi connectivity index (χ2n) is 2.24. The second kappa shape index (κ2) is 3.67. The second-order valence-corrected chi connectivity index (χ2v) is 3.02. The summed E-state index contributed by atoms with van der Waals surface area (Å²) in [4.78, 5) is 0. The highest BCUT2D eigenvalue weighted by atomic mass is 32.1. The number of hydrogen-bond donors (Lipinski definition) is 0. The van der Waals surface area contributed by atoms with Crippen molar-refractivity contribution in [1.82, 2.24) is 0 Å². The predicted molar refractivity (Wildman–Crippen MR) is 42.9 cm³/mol. The zero-order valence-electron chi connectivity index (χ0n) is 5.76. The molecule has 0 unspecified atom stereocenters. The summed E-state index contributed by atoms with van der Waals surface area (Å²) in [7, 11) is 0. The molecule has 1 aromatic heterocycles. The molecule has 1 heteroatoms. The summed E-state index contributed by atoms with van der Waals surface area (Å²) >= 11 is 1.79. The van der Waals surface area contributed by atoms with Gasteiger partial charge in [0.15, 0.2) is 0 Å². The molecule has 1 rings (SSSR count). The van der Waals surface area contributed by atoms with Crippen molar-refractivity contribution >= 4 is 11.3 Å². The third-order valence-corrected chi connectivity index (χ3v) is 2.13. The molecule has 0 saturated carbocycles. The Bertz CT molecular complexity index is 142. The number of thiophene rings is 1. The molecule has 0 aromatic carbocycles. The fourth-order valence-corrected chi connectivity index (χ4v) is 1.52. The molecule has 1 heterocycles. The van der Waals surface area contributed by atoms with Gasteiger partial charge in [0.2, 0.25) is 0 Å². The maximum Gasteiger partial charge on any atom is -0.00613 e. The standard InChI is InChI=1S/C8H12S/c1-2-3-4-8-5-6-9-7-8/h5-7H,2-4H2,1H3. The Kier molecular flexibility index (Phi) is 2.78. The molecule has 0 bridgehead atoms. The quantitative estimate of drug-likeness (QED) is 0.605. The van der Waals surface area contributed by atoms with Gasteiger partial charge in [-0.2, -0.15) is 11.3 Å². The van der Waals surface area contributed by atoms with Crippen molar-refractivity contribution < 1.29 is 0 Å². The zero-order valence-corrected chi connectivity index (χ0v) is 6.58. The Morgan fingerprint density at radius 3 is 3.00 bits per heavy atom. The fourth-order valence-electron chi connectivity index (χ4n) is 0.816. The van der Waals surface area contributed by atoms with Crippen LogP contribution in [0.15, 0.2) is 16.8 Å². The summed E-state index contributed by atoms with van der Waals surface area (Å²) in [6.45, 7) is 2.23. The van der Waals surface area contributed by atoms with Crippen LogP contribution >= 0.6 is 11.3 Å². The molecular formula is C8H12S. The first kappa shape index (κ1) is 6.81. The lowest BCUT2D eigenvalue weighted by molar-refractivity contribution is 0.797. The molecule has 0 N–H and O–H groups in total. The molecular weight excluding hydrogens is 128 g/mol. The van der Waals surface area contributed by atoms with Crippen molar-refractivity contribution in [2.24, 2.45) is 0 Å². The molecule has 0 nitrogen and oxygen atoms in total. The summed E-state index contributed by atoms with van der Waals surface area (Å²) in [5.41, 5.74) is 1.50. The lowest BCUT2D eigenvalue weighted by atomic mass is 10.2. The van der Waals surface area contributed by atoms with E-state index in [0.717, 1.165) is 0 Å².